The van der Waals surface area contributed by atoms with Crippen molar-refractivity contribution in [1.82, 2.24) is 10.2 Å². The summed E-state index contributed by atoms with van der Waals surface area (Å²) < 4.78 is 0. The number of carbonyl (C=O) groups is 1. The maximum absolute atomic E-state index is 12.1. The standard InChI is InChI=1S/C15H21N3OS/c1-11-5-7-18(8-6-11)15(19)17-10-12-3-2-4-13(9-12)14(16)20/h2-4,9,11H,5-8,10H2,1H3,(H2,16,20)(H,17,19). The van der Waals surface area contributed by atoms with Gasteiger partial charge >= 0.3 is 6.03 Å². The van der Waals surface area contributed by atoms with Gasteiger partial charge in [-0.15, -0.1) is 0 Å². The predicted molar refractivity (Wildman–Crippen MR) is 84.5 cm³/mol. The van der Waals surface area contributed by atoms with Gasteiger partial charge in [0.05, 0.1) is 0 Å². The number of rotatable bonds is 3. The molecule has 1 aromatic carbocycles. The van der Waals surface area contributed by atoms with Gasteiger partial charge < -0.3 is 16.0 Å². The minimum absolute atomic E-state index is 0.0117. The molecule has 0 bridgehead atoms. The van der Waals surface area contributed by atoms with E-state index in [1.807, 2.05) is 29.2 Å². The molecule has 2 amide bonds. The molecule has 0 aromatic heterocycles. The first kappa shape index (κ1) is 14.8. The summed E-state index contributed by atoms with van der Waals surface area (Å²) in [6.07, 6.45) is 2.18. The Balaban J connectivity index is 1.87. The number of amides is 2. The first-order chi connectivity index (χ1) is 9.56. The summed E-state index contributed by atoms with van der Waals surface area (Å²) >= 11 is 4.95. The summed E-state index contributed by atoms with van der Waals surface area (Å²) in [4.78, 5) is 14.3. The lowest BCUT2D eigenvalue weighted by Crippen LogP contribution is -2.43. The molecule has 1 aliphatic rings. The summed E-state index contributed by atoms with van der Waals surface area (Å²) in [5.74, 6) is 0.723. The lowest BCUT2D eigenvalue weighted by atomic mass is 10.00. The number of likely N-dealkylation sites (tertiary alicyclic amines) is 1. The average Bonchev–Trinajstić information content (AvgIpc) is 2.46. The van der Waals surface area contributed by atoms with Crippen LogP contribution in [0.4, 0.5) is 4.79 Å². The summed E-state index contributed by atoms with van der Waals surface area (Å²) in [6.45, 7) is 4.43. The van der Waals surface area contributed by atoms with Crippen molar-refractivity contribution in [2.24, 2.45) is 11.7 Å². The highest BCUT2D eigenvalue weighted by Gasteiger charge is 2.19. The molecule has 1 saturated heterocycles. The molecule has 0 unspecified atom stereocenters. The van der Waals surface area contributed by atoms with Gasteiger partial charge in [-0.1, -0.05) is 37.3 Å². The van der Waals surface area contributed by atoms with E-state index in [-0.39, 0.29) is 6.03 Å². The number of urea groups is 1. The highest BCUT2D eigenvalue weighted by atomic mass is 32.1. The number of hydrogen-bond acceptors (Lipinski definition) is 2. The monoisotopic (exact) mass is 291 g/mol. The molecule has 1 aliphatic heterocycles. The molecule has 0 atom stereocenters. The number of nitrogens with one attached hydrogen (secondary N) is 1. The van der Waals surface area contributed by atoms with Crippen LogP contribution in [-0.2, 0) is 6.54 Å². The third-order valence-corrected chi connectivity index (χ3v) is 3.96. The van der Waals surface area contributed by atoms with Crippen molar-refractivity contribution in [2.45, 2.75) is 26.3 Å². The Morgan fingerprint density at radius 3 is 2.80 bits per heavy atom. The topological polar surface area (TPSA) is 58.4 Å². The van der Waals surface area contributed by atoms with E-state index in [1.165, 1.54) is 0 Å². The minimum Gasteiger partial charge on any atom is -0.389 e. The summed E-state index contributed by atoms with van der Waals surface area (Å²) in [7, 11) is 0. The lowest BCUT2D eigenvalue weighted by Gasteiger charge is -2.30. The van der Waals surface area contributed by atoms with E-state index in [0.717, 1.165) is 43.0 Å². The first-order valence-electron chi connectivity index (χ1n) is 6.98. The van der Waals surface area contributed by atoms with E-state index in [1.54, 1.807) is 0 Å². The zero-order chi connectivity index (χ0) is 14.5. The molecule has 3 N–H and O–H groups in total. The molecule has 1 fully saturated rings. The largest absolute Gasteiger partial charge is 0.389 e. The molecule has 1 aromatic rings. The first-order valence-corrected chi connectivity index (χ1v) is 7.38. The fourth-order valence-electron chi connectivity index (χ4n) is 2.34. The Hall–Kier alpha value is -1.62. The second kappa shape index (κ2) is 6.70. The third kappa shape index (κ3) is 3.93. The van der Waals surface area contributed by atoms with E-state index in [4.69, 9.17) is 18.0 Å². The van der Waals surface area contributed by atoms with Crippen LogP contribution in [0.5, 0.6) is 0 Å². The van der Waals surface area contributed by atoms with Gasteiger partial charge in [-0.3, -0.25) is 0 Å². The fraction of sp³-hybridized carbons (Fsp3) is 0.467. The van der Waals surface area contributed by atoms with Crippen molar-refractivity contribution in [2.75, 3.05) is 13.1 Å². The van der Waals surface area contributed by atoms with Crippen LogP contribution < -0.4 is 11.1 Å². The summed E-state index contributed by atoms with van der Waals surface area (Å²) in [5.41, 5.74) is 7.44. The van der Waals surface area contributed by atoms with Crippen LogP contribution in [-0.4, -0.2) is 29.0 Å². The number of thiocarbonyl (C=S) groups is 1. The van der Waals surface area contributed by atoms with Crippen molar-refractivity contribution in [1.29, 1.82) is 0 Å². The summed E-state index contributed by atoms with van der Waals surface area (Å²) in [6, 6.07) is 7.66. The van der Waals surface area contributed by atoms with Crippen molar-refractivity contribution < 1.29 is 4.79 Å². The molecule has 0 saturated carbocycles. The number of benzene rings is 1. The van der Waals surface area contributed by atoms with Gasteiger partial charge in [-0.05, 0) is 30.4 Å². The van der Waals surface area contributed by atoms with Crippen LogP contribution in [0.25, 0.3) is 0 Å². The number of nitrogens with two attached hydrogens (primary N) is 1. The van der Waals surface area contributed by atoms with E-state index in [0.29, 0.717) is 11.5 Å². The van der Waals surface area contributed by atoms with Crippen molar-refractivity contribution >= 4 is 23.2 Å². The fourth-order valence-corrected chi connectivity index (χ4v) is 2.46. The highest BCUT2D eigenvalue weighted by molar-refractivity contribution is 7.80. The van der Waals surface area contributed by atoms with Gasteiger partial charge in [0.15, 0.2) is 0 Å². The SMILES string of the molecule is CC1CCN(C(=O)NCc2cccc(C(N)=S)c2)CC1. The van der Waals surface area contributed by atoms with Gasteiger partial charge in [0.25, 0.3) is 0 Å². The third-order valence-electron chi connectivity index (χ3n) is 3.73. The van der Waals surface area contributed by atoms with Crippen LogP contribution in [0.15, 0.2) is 24.3 Å². The van der Waals surface area contributed by atoms with Crippen LogP contribution in [0, 0.1) is 5.92 Å². The maximum atomic E-state index is 12.1. The Bertz CT molecular complexity index is 496. The molecular weight excluding hydrogens is 270 g/mol. The van der Waals surface area contributed by atoms with Crippen LogP contribution >= 0.6 is 12.2 Å². The molecule has 1 heterocycles. The van der Waals surface area contributed by atoms with Gasteiger partial charge in [0, 0.05) is 25.2 Å². The van der Waals surface area contributed by atoms with Crippen LogP contribution in [0.1, 0.15) is 30.9 Å². The predicted octanol–water partition coefficient (Wildman–Crippen LogP) is 2.26. The zero-order valence-electron chi connectivity index (χ0n) is 11.8. The molecule has 108 valence electrons. The molecule has 4 nitrogen and oxygen atoms in total. The van der Waals surface area contributed by atoms with Crippen LogP contribution in [0.3, 0.4) is 0 Å². The van der Waals surface area contributed by atoms with E-state index in [9.17, 15) is 4.79 Å². The quantitative estimate of drug-likeness (QED) is 0.840. The Morgan fingerprint density at radius 2 is 2.15 bits per heavy atom. The molecule has 0 radical (unpaired) electrons. The second-order valence-corrected chi connectivity index (χ2v) is 5.83. The van der Waals surface area contributed by atoms with E-state index >= 15 is 0 Å². The molecular formula is C15H21N3OS. The minimum atomic E-state index is 0.0117. The highest BCUT2D eigenvalue weighted by Crippen LogP contribution is 2.15. The number of carbonyl (C=O) groups excluding carboxylic acids is 1. The Kier molecular flexibility index (Phi) is 4.95. The van der Waals surface area contributed by atoms with Crippen LogP contribution in [0.2, 0.25) is 0 Å². The smallest absolute Gasteiger partial charge is 0.317 e. The Morgan fingerprint density at radius 1 is 1.45 bits per heavy atom. The lowest BCUT2D eigenvalue weighted by molar-refractivity contribution is 0.173. The number of hydrogen-bond donors (Lipinski definition) is 2. The maximum Gasteiger partial charge on any atom is 0.317 e. The van der Waals surface area contributed by atoms with Gasteiger partial charge in [0.2, 0.25) is 0 Å². The van der Waals surface area contributed by atoms with Crippen molar-refractivity contribution in [3.8, 4) is 0 Å². The molecule has 5 heteroatoms. The molecule has 0 spiro atoms. The normalized spacial score (nSPS) is 15.9. The second-order valence-electron chi connectivity index (χ2n) is 5.39. The zero-order valence-corrected chi connectivity index (χ0v) is 12.6. The molecule has 2 rings (SSSR count). The molecule has 0 aliphatic carbocycles. The van der Waals surface area contributed by atoms with E-state index in [2.05, 4.69) is 12.2 Å². The summed E-state index contributed by atoms with van der Waals surface area (Å²) in [5, 5.41) is 2.95. The number of piperidine rings is 1. The average molecular weight is 291 g/mol. The number of nitrogens with zero attached hydrogens (tertiary/aromatic N) is 1. The van der Waals surface area contributed by atoms with Gasteiger partial charge in [0.1, 0.15) is 4.99 Å². The van der Waals surface area contributed by atoms with Crippen molar-refractivity contribution in [3.05, 3.63) is 35.4 Å². The van der Waals surface area contributed by atoms with E-state index < -0.39 is 0 Å². The Labute approximate surface area is 125 Å². The molecule has 20 heavy (non-hydrogen) atoms. The van der Waals surface area contributed by atoms with Gasteiger partial charge in [-0.25, -0.2) is 4.79 Å². The van der Waals surface area contributed by atoms with Gasteiger partial charge in [-0.2, -0.15) is 0 Å². The van der Waals surface area contributed by atoms with Crippen molar-refractivity contribution in [3.63, 3.8) is 0 Å².